The van der Waals surface area contributed by atoms with Crippen LogP contribution in [0.5, 0.6) is 0 Å². The summed E-state index contributed by atoms with van der Waals surface area (Å²) in [6.07, 6.45) is -7.88. The van der Waals surface area contributed by atoms with Crippen LogP contribution in [0.25, 0.3) is 0 Å². The molecule has 106 valence electrons. The summed E-state index contributed by atoms with van der Waals surface area (Å²) in [7, 11) is 0. The number of Topliss-reactive ketones (excluding diaryl/α,β-unsaturated/α-hetero) is 1. The number of carbonyl (C=O) groups is 2. The van der Waals surface area contributed by atoms with Gasteiger partial charge in [-0.25, -0.2) is 4.79 Å². The largest absolute Gasteiger partial charge is 0.475 e. The van der Waals surface area contributed by atoms with Gasteiger partial charge in [-0.1, -0.05) is 0 Å². The fourth-order valence-corrected chi connectivity index (χ4v) is 1.20. The Bertz CT molecular complexity index is 296. The SMILES string of the molecule is NC(C(O)CC(=O)C(=O)O)C(O)C(O)C(O)CO. The van der Waals surface area contributed by atoms with Crippen molar-refractivity contribution in [2.24, 2.45) is 5.73 Å². The lowest BCUT2D eigenvalue weighted by atomic mass is 9.95. The highest BCUT2D eigenvalue weighted by Gasteiger charge is 2.34. The third kappa shape index (κ3) is 4.64. The van der Waals surface area contributed by atoms with E-state index in [1.165, 1.54) is 0 Å². The van der Waals surface area contributed by atoms with Crippen LogP contribution in [0.1, 0.15) is 6.42 Å². The van der Waals surface area contributed by atoms with Crippen molar-refractivity contribution < 1.29 is 40.2 Å². The molecule has 0 aromatic heterocycles. The van der Waals surface area contributed by atoms with Crippen LogP contribution in [0.4, 0.5) is 0 Å². The van der Waals surface area contributed by atoms with Gasteiger partial charge in [-0.2, -0.15) is 0 Å². The number of nitrogens with two attached hydrogens (primary N) is 1. The Kier molecular flexibility index (Phi) is 6.91. The number of aliphatic hydroxyl groups is 5. The molecule has 0 bridgehead atoms. The lowest BCUT2D eigenvalue weighted by Crippen LogP contribution is -2.54. The molecule has 0 rings (SSSR count). The molecular formula is C9H17NO8. The van der Waals surface area contributed by atoms with Gasteiger partial charge in [0.1, 0.15) is 18.3 Å². The number of carboxylic acid groups (broad SMARTS) is 1. The smallest absolute Gasteiger partial charge is 0.372 e. The molecule has 8 N–H and O–H groups in total. The molecule has 0 aliphatic carbocycles. The maximum atomic E-state index is 10.8. The third-order valence-electron chi connectivity index (χ3n) is 2.40. The van der Waals surface area contributed by atoms with E-state index < -0.39 is 55.2 Å². The van der Waals surface area contributed by atoms with Gasteiger partial charge in [0.25, 0.3) is 0 Å². The van der Waals surface area contributed by atoms with E-state index in [1.807, 2.05) is 0 Å². The molecule has 0 aliphatic rings. The van der Waals surface area contributed by atoms with Gasteiger partial charge in [0, 0.05) is 6.42 Å². The van der Waals surface area contributed by atoms with Crippen LogP contribution in [0.15, 0.2) is 0 Å². The molecule has 5 atom stereocenters. The zero-order valence-corrected chi connectivity index (χ0v) is 9.38. The Labute approximate surface area is 102 Å². The summed E-state index contributed by atoms with van der Waals surface area (Å²) in [5, 5.41) is 54.0. The second kappa shape index (κ2) is 7.36. The minimum Gasteiger partial charge on any atom is -0.475 e. The average molecular weight is 267 g/mol. The normalized spacial score (nSPS) is 19.7. The molecule has 0 fully saturated rings. The van der Waals surface area contributed by atoms with Crippen molar-refractivity contribution in [2.75, 3.05) is 6.61 Å². The van der Waals surface area contributed by atoms with Gasteiger partial charge in [0.05, 0.1) is 18.8 Å². The first-order valence-corrected chi connectivity index (χ1v) is 5.07. The predicted molar refractivity (Wildman–Crippen MR) is 56.3 cm³/mol. The van der Waals surface area contributed by atoms with E-state index in [4.69, 9.17) is 21.1 Å². The van der Waals surface area contributed by atoms with Crippen molar-refractivity contribution in [3.8, 4) is 0 Å². The fraction of sp³-hybridized carbons (Fsp3) is 0.778. The molecule has 0 saturated heterocycles. The van der Waals surface area contributed by atoms with Crippen LogP contribution >= 0.6 is 0 Å². The molecule has 0 heterocycles. The van der Waals surface area contributed by atoms with Gasteiger partial charge in [-0.15, -0.1) is 0 Å². The second-order valence-electron chi connectivity index (χ2n) is 3.81. The van der Waals surface area contributed by atoms with Crippen LogP contribution in [0.2, 0.25) is 0 Å². The summed E-state index contributed by atoms with van der Waals surface area (Å²) in [6, 6.07) is -1.55. The van der Waals surface area contributed by atoms with Crippen LogP contribution in [0.3, 0.4) is 0 Å². The summed E-state index contributed by atoms with van der Waals surface area (Å²) in [6.45, 7) is -0.838. The molecule has 0 spiro atoms. The Morgan fingerprint density at radius 2 is 1.50 bits per heavy atom. The summed E-state index contributed by atoms with van der Waals surface area (Å²) in [4.78, 5) is 21.0. The zero-order valence-electron chi connectivity index (χ0n) is 9.38. The second-order valence-corrected chi connectivity index (χ2v) is 3.81. The molecule has 18 heavy (non-hydrogen) atoms. The van der Waals surface area contributed by atoms with E-state index >= 15 is 0 Å². The first-order chi connectivity index (χ1) is 8.22. The monoisotopic (exact) mass is 267 g/mol. The van der Waals surface area contributed by atoms with E-state index in [2.05, 4.69) is 0 Å². The zero-order chi connectivity index (χ0) is 14.5. The van der Waals surface area contributed by atoms with Gasteiger partial charge in [-0.05, 0) is 0 Å². The van der Waals surface area contributed by atoms with Crippen molar-refractivity contribution in [3.05, 3.63) is 0 Å². The van der Waals surface area contributed by atoms with Crippen LogP contribution in [-0.2, 0) is 9.59 Å². The minimum atomic E-state index is -1.83. The molecule has 9 heteroatoms. The number of carbonyl (C=O) groups excluding carboxylic acids is 1. The Morgan fingerprint density at radius 3 is 1.89 bits per heavy atom. The lowest BCUT2D eigenvalue weighted by Gasteiger charge is -2.28. The summed E-state index contributed by atoms with van der Waals surface area (Å²) >= 11 is 0. The van der Waals surface area contributed by atoms with E-state index in [0.717, 1.165) is 0 Å². The molecule has 5 unspecified atom stereocenters. The molecule has 0 aromatic carbocycles. The Balaban J connectivity index is 4.49. The van der Waals surface area contributed by atoms with Crippen molar-refractivity contribution >= 4 is 11.8 Å². The van der Waals surface area contributed by atoms with Crippen molar-refractivity contribution in [3.63, 3.8) is 0 Å². The quantitative estimate of drug-likeness (QED) is 0.214. The van der Waals surface area contributed by atoms with Crippen molar-refractivity contribution in [1.82, 2.24) is 0 Å². The maximum absolute atomic E-state index is 10.8. The van der Waals surface area contributed by atoms with Crippen LogP contribution in [0, 0.1) is 0 Å². The molecule has 9 nitrogen and oxygen atoms in total. The minimum absolute atomic E-state index is 0.838. The molecule has 0 saturated carbocycles. The molecular weight excluding hydrogens is 250 g/mol. The maximum Gasteiger partial charge on any atom is 0.372 e. The lowest BCUT2D eigenvalue weighted by molar-refractivity contribution is -0.150. The van der Waals surface area contributed by atoms with Crippen molar-refractivity contribution in [1.29, 1.82) is 0 Å². The number of carboxylic acids is 1. The number of rotatable bonds is 8. The highest BCUT2D eigenvalue weighted by molar-refractivity contribution is 6.32. The fourth-order valence-electron chi connectivity index (χ4n) is 1.20. The highest BCUT2D eigenvalue weighted by Crippen LogP contribution is 2.09. The van der Waals surface area contributed by atoms with Gasteiger partial charge in [0.15, 0.2) is 0 Å². The predicted octanol–water partition coefficient (Wildman–Crippen LogP) is -4.21. The number of hydrogen-bond acceptors (Lipinski definition) is 8. The number of ketones is 1. The first-order valence-electron chi connectivity index (χ1n) is 5.07. The molecule has 0 aliphatic heterocycles. The average Bonchev–Trinajstić information content (AvgIpc) is 2.34. The van der Waals surface area contributed by atoms with Gasteiger partial charge < -0.3 is 36.4 Å². The van der Waals surface area contributed by atoms with E-state index in [0.29, 0.717) is 0 Å². The topological polar surface area (TPSA) is 182 Å². The van der Waals surface area contributed by atoms with Gasteiger partial charge >= 0.3 is 5.97 Å². The van der Waals surface area contributed by atoms with Crippen LogP contribution in [-0.4, -0.2) is 79.5 Å². The van der Waals surface area contributed by atoms with E-state index in [-0.39, 0.29) is 0 Å². The number of aliphatic carboxylic acids is 1. The molecule has 0 radical (unpaired) electrons. The first kappa shape index (κ1) is 16.9. The number of aliphatic hydroxyl groups excluding tert-OH is 5. The van der Waals surface area contributed by atoms with E-state index in [9.17, 15) is 24.9 Å². The highest BCUT2D eigenvalue weighted by atomic mass is 16.4. The standard InChI is InChI=1S/C9H17NO8/c10-6(3(12)1-4(13)9(17)18)8(16)7(15)5(14)2-11/h3,5-8,11-12,14-16H,1-2,10H2,(H,17,18). The van der Waals surface area contributed by atoms with Gasteiger partial charge in [0.2, 0.25) is 5.78 Å². The summed E-state index contributed by atoms with van der Waals surface area (Å²) < 4.78 is 0. The Hall–Kier alpha value is -1.10. The number of hydrogen-bond donors (Lipinski definition) is 7. The Morgan fingerprint density at radius 1 is 1.00 bits per heavy atom. The van der Waals surface area contributed by atoms with E-state index in [1.54, 1.807) is 0 Å². The van der Waals surface area contributed by atoms with Gasteiger partial charge in [-0.3, -0.25) is 4.79 Å². The van der Waals surface area contributed by atoms with Crippen LogP contribution < -0.4 is 5.73 Å². The summed E-state index contributed by atoms with van der Waals surface area (Å²) in [5.74, 6) is -3.06. The molecule has 0 aromatic rings. The third-order valence-corrected chi connectivity index (χ3v) is 2.40. The summed E-state index contributed by atoms with van der Waals surface area (Å²) in [5.41, 5.74) is 5.30. The molecule has 0 amide bonds. The van der Waals surface area contributed by atoms with Crippen molar-refractivity contribution in [2.45, 2.75) is 36.9 Å².